The van der Waals surface area contributed by atoms with Crippen molar-refractivity contribution in [1.82, 2.24) is 10.2 Å². The maximum Gasteiger partial charge on any atom is 0.327 e. The van der Waals surface area contributed by atoms with Crippen molar-refractivity contribution in [3.63, 3.8) is 0 Å². The Labute approximate surface area is 117 Å². The Hall–Kier alpha value is -0.610. The molecule has 4 nitrogen and oxygen atoms in total. The summed E-state index contributed by atoms with van der Waals surface area (Å²) in [5.74, 6) is 0.606. The van der Waals surface area contributed by atoms with Crippen LogP contribution in [-0.2, 0) is 9.53 Å². The summed E-state index contributed by atoms with van der Waals surface area (Å²) in [4.78, 5) is 14.5. The molecule has 1 N–H and O–H groups in total. The van der Waals surface area contributed by atoms with Crippen LogP contribution in [0.2, 0.25) is 0 Å². The lowest BCUT2D eigenvalue weighted by atomic mass is 9.93. The number of rotatable bonds is 6. The van der Waals surface area contributed by atoms with Crippen LogP contribution in [0.1, 0.15) is 47.0 Å². The Morgan fingerprint density at radius 3 is 2.74 bits per heavy atom. The van der Waals surface area contributed by atoms with Gasteiger partial charge in [0.1, 0.15) is 5.54 Å². The van der Waals surface area contributed by atoms with E-state index < -0.39 is 5.54 Å². The molecule has 19 heavy (non-hydrogen) atoms. The fourth-order valence-electron chi connectivity index (χ4n) is 3.11. The summed E-state index contributed by atoms with van der Waals surface area (Å²) in [7, 11) is 1.47. The first kappa shape index (κ1) is 16.4. The predicted octanol–water partition coefficient (Wildman–Crippen LogP) is 2.04. The zero-order chi connectivity index (χ0) is 14.5. The van der Waals surface area contributed by atoms with Crippen molar-refractivity contribution in [2.75, 3.05) is 26.7 Å². The van der Waals surface area contributed by atoms with Crippen molar-refractivity contribution in [2.45, 2.75) is 58.5 Å². The third-order valence-electron chi connectivity index (χ3n) is 3.96. The Bertz CT molecular complexity index is 294. The Morgan fingerprint density at radius 1 is 1.53 bits per heavy atom. The maximum absolute atomic E-state index is 12.1. The van der Waals surface area contributed by atoms with Gasteiger partial charge in [0, 0.05) is 19.1 Å². The average molecular weight is 270 g/mol. The van der Waals surface area contributed by atoms with Gasteiger partial charge in [0.05, 0.1) is 7.11 Å². The first-order valence-electron chi connectivity index (χ1n) is 7.49. The smallest absolute Gasteiger partial charge is 0.327 e. The minimum atomic E-state index is -0.613. The lowest BCUT2D eigenvalue weighted by Gasteiger charge is -2.39. The highest BCUT2D eigenvalue weighted by atomic mass is 16.5. The van der Waals surface area contributed by atoms with Gasteiger partial charge in [-0.1, -0.05) is 13.3 Å². The molecule has 0 aromatic rings. The van der Waals surface area contributed by atoms with Crippen LogP contribution in [0.3, 0.4) is 0 Å². The van der Waals surface area contributed by atoms with Gasteiger partial charge in [0.25, 0.3) is 0 Å². The number of nitrogens with one attached hydrogen (secondary N) is 1. The van der Waals surface area contributed by atoms with Gasteiger partial charge < -0.3 is 9.64 Å². The molecule has 0 radical (unpaired) electrons. The molecule has 0 aromatic heterocycles. The van der Waals surface area contributed by atoms with E-state index in [9.17, 15) is 4.79 Å². The van der Waals surface area contributed by atoms with E-state index in [0.717, 1.165) is 25.6 Å². The van der Waals surface area contributed by atoms with E-state index in [0.29, 0.717) is 0 Å². The molecule has 112 valence electrons. The molecule has 1 heterocycles. The summed E-state index contributed by atoms with van der Waals surface area (Å²) in [5, 5.41) is 3.37. The van der Waals surface area contributed by atoms with Gasteiger partial charge in [-0.15, -0.1) is 0 Å². The SMILES string of the molecule is CCC1CCCN(CC(C)(NC(C)C)C(=O)OC)C1. The van der Waals surface area contributed by atoms with E-state index in [-0.39, 0.29) is 12.0 Å². The third-order valence-corrected chi connectivity index (χ3v) is 3.96. The van der Waals surface area contributed by atoms with Gasteiger partial charge in [-0.3, -0.25) is 10.1 Å². The second kappa shape index (κ2) is 7.25. The lowest BCUT2D eigenvalue weighted by Crippen LogP contribution is -2.60. The number of nitrogens with zero attached hydrogens (tertiary/aromatic N) is 1. The quantitative estimate of drug-likeness (QED) is 0.750. The Kier molecular flexibility index (Phi) is 6.27. The van der Waals surface area contributed by atoms with Gasteiger partial charge in [-0.25, -0.2) is 0 Å². The van der Waals surface area contributed by atoms with Gasteiger partial charge in [-0.05, 0) is 46.1 Å². The van der Waals surface area contributed by atoms with E-state index in [1.54, 1.807) is 0 Å². The number of piperidine rings is 1. The molecule has 2 unspecified atom stereocenters. The minimum Gasteiger partial charge on any atom is -0.468 e. The van der Waals surface area contributed by atoms with Gasteiger partial charge in [-0.2, -0.15) is 0 Å². The van der Waals surface area contributed by atoms with Crippen molar-refractivity contribution in [2.24, 2.45) is 5.92 Å². The monoisotopic (exact) mass is 270 g/mol. The largest absolute Gasteiger partial charge is 0.468 e. The van der Waals surface area contributed by atoms with Gasteiger partial charge >= 0.3 is 5.97 Å². The van der Waals surface area contributed by atoms with Crippen molar-refractivity contribution >= 4 is 5.97 Å². The van der Waals surface area contributed by atoms with Crippen LogP contribution in [-0.4, -0.2) is 49.2 Å². The number of carbonyl (C=O) groups is 1. The summed E-state index contributed by atoms with van der Waals surface area (Å²) in [6, 6.07) is 0.260. The lowest BCUT2D eigenvalue weighted by molar-refractivity contribution is -0.149. The normalized spacial score (nSPS) is 24.2. The summed E-state index contributed by atoms with van der Waals surface area (Å²) in [6.07, 6.45) is 3.78. The minimum absolute atomic E-state index is 0.167. The van der Waals surface area contributed by atoms with E-state index in [4.69, 9.17) is 4.74 Å². The van der Waals surface area contributed by atoms with E-state index in [1.807, 2.05) is 6.92 Å². The number of carbonyl (C=O) groups excluding carboxylic acids is 1. The fourth-order valence-corrected chi connectivity index (χ4v) is 3.11. The van der Waals surface area contributed by atoms with Crippen LogP contribution in [0.25, 0.3) is 0 Å². The zero-order valence-corrected chi connectivity index (χ0v) is 13.2. The molecule has 0 bridgehead atoms. The average Bonchev–Trinajstić information content (AvgIpc) is 2.36. The fraction of sp³-hybridized carbons (Fsp3) is 0.933. The predicted molar refractivity (Wildman–Crippen MR) is 78.1 cm³/mol. The number of esters is 1. The highest BCUT2D eigenvalue weighted by Crippen LogP contribution is 2.21. The van der Waals surface area contributed by atoms with Crippen LogP contribution in [0.5, 0.6) is 0 Å². The van der Waals surface area contributed by atoms with Crippen molar-refractivity contribution in [1.29, 1.82) is 0 Å². The molecule has 1 aliphatic heterocycles. The summed E-state index contributed by atoms with van der Waals surface area (Å²) in [5.41, 5.74) is -0.613. The second-order valence-corrected chi connectivity index (χ2v) is 6.27. The van der Waals surface area contributed by atoms with Crippen LogP contribution in [0.4, 0.5) is 0 Å². The molecule has 1 aliphatic rings. The van der Waals surface area contributed by atoms with Crippen LogP contribution < -0.4 is 5.32 Å². The standard InChI is InChI=1S/C15H30N2O2/c1-6-13-8-7-9-17(10-13)11-15(4,14(18)19-5)16-12(2)3/h12-13,16H,6-11H2,1-5H3. The summed E-state index contributed by atoms with van der Waals surface area (Å²) >= 11 is 0. The highest BCUT2D eigenvalue weighted by molar-refractivity contribution is 5.80. The molecule has 4 heteroatoms. The van der Waals surface area contributed by atoms with Crippen LogP contribution in [0, 0.1) is 5.92 Å². The highest BCUT2D eigenvalue weighted by Gasteiger charge is 2.37. The number of hydrogen-bond acceptors (Lipinski definition) is 4. The van der Waals surface area contributed by atoms with Crippen LogP contribution >= 0.6 is 0 Å². The molecule has 0 spiro atoms. The summed E-state index contributed by atoms with van der Waals surface area (Å²) in [6.45, 7) is 11.2. The topological polar surface area (TPSA) is 41.6 Å². The third kappa shape index (κ3) is 4.77. The molecule has 2 atom stereocenters. The van der Waals surface area contributed by atoms with E-state index >= 15 is 0 Å². The van der Waals surface area contributed by atoms with Gasteiger partial charge in [0.2, 0.25) is 0 Å². The molecule has 1 rings (SSSR count). The van der Waals surface area contributed by atoms with E-state index in [2.05, 4.69) is 31.0 Å². The zero-order valence-electron chi connectivity index (χ0n) is 13.2. The number of likely N-dealkylation sites (tertiary alicyclic amines) is 1. The van der Waals surface area contributed by atoms with Crippen molar-refractivity contribution in [3.8, 4) is 0 Å². The van der Waals surface area contributed by atoms with Gasteiger partial charge in [0.15, 0.2) is 0 Å². The first-order valence-corrected chi connectivity index (χ1v) is 7.49. The van der Waals surface area contributed by atoms with Crippen molar-refractivity contribution in [3.05, 3.63) is 0 Å². The molecule has 0 aromatic carbocycles. The Balaban J connectivity index is 2.68. The Morgan fingerprint density at radius 2 is 2.21 bits per heavy atom. The van der Waals surface area contributed by atoms with Crippen molar-refractivity contribution < 1.29 is 9.53 Å². The van der Waals surface area contributed by atoms with Crippen LogP contribution in [0.15, 0.2) is 0 Å². The maximum atomic E-state index is 12.1. The molecule has 1 saturated heterocycles. The number of ether oxygens (including phenoxy) is 1. The molecular formula is C15H30N2O2. The first-order chi connectivity index (χ1) is 8.91. The number of hydrogen-bond donors (Lipinski definition) is 1. The molecular weight excluding hydrogens is 240 g/mol. The summed E-state index contributed by atoms with van der Waals surface area (Å²) < 4.78 is 4.98. The molecule has 1 fully saturated rings. The molecule has 0 saturated carbocycles. The second-order valence-electron chi connectivity index (χ2n) is 6.27. The van der Waals surface area contributed by atoms with E-state index in [1.165, 1.54) is 26.4 Å². The molecule has 0 aliphatic carbocycles. The number of methoxy groups -OCH3 is 1. The molecule has 0 amide bonds.